The van der Waals surface area contributed by atoms with Gasteiger partial charge in [-0.1, -0.05) is 12.1 Å². The number of amides is 1. The third-order valence-corrected chi connectivity index (χ3v) is 6.98. The Morgan fingerprint density at radius 3 is 2.42 bits per heavy atom. The Labute approximate surface area is 146 Å². The highest BCUT2D eigenvalue weighted by Gasteiger charge is 2.31. The number of aryl methyl sites for hydroxylation is 2. The molecule has 3 rings (SSSR count). The minimum absolute atomic E-state index is 0.0277. The fourth-order valence-corrected chi connectivity index (χ4v) is 5.19. The van der Waals surface area contributed by atoms with Gasteiger partial charge in [0.15, 0.2) is 0 Å². The largest absolute Gasteiger partial charge is 0.336 e. The smallest absolute Gasteiger partial charge is 0.254 e. The molecule has 1 aliphatic heterocycles. The lowest BCUT2D eigenvalue weighted by atomic mass is 10.2. The first-order valence-electron chi connectivity index (χ1n) is 7.78. The van der Waals surface area contributed by atoms with Gasteiger partial charge in [-0.05, 0) is 42.5 Å². The molecule has 0 saturated carbocycles. The summed E-state index contributed by atoms with van der Waals surface area (Å²) in [5.41, 5.74) is 2.34. The number of hydrogen-bond donors (Lipinski definition) is 0. The van der Waals surface area contributed by atoms with E-state index in [0.29, 0.717) is 36.6 Å². The number of sulfonamides is 1. The van der Waals surface area contributed by atoms with Crippen LogP contribution in [0.15, 0.2) is 39.9 Å². The Balaban J connectivity index is 1.74. The van der Waals surface area contributed by atoms with Crippen LogP contribution in [0.25, 0.3) is 0 Å². The van der Waals surface area contributed by atoms with Gasteiger partial charge in [0.2, 0.25) is 10.0 Å². The van der Waals surface area contributed by atoms with Crippen LogP contribution in [0.1, 0.15) is 21.5 Å². The number of hydrogen-bond acceptors (Lipinski definition) is 4. The van der Waals surface area contributed by atoms with Crippen molar-refractivity contribution in [3.63, 3.8) is 0 Å². The summed E-state index contributed by atoms with van der Waals surface area (Å²) >= 11 is 1.48. The molecule has 0 bridgehead atoms. The molecule has 0 atom stereocenters. The molecule has 24 heavy (non-hydrogen) atoms. The molecule has 1 aromatic carbocycles. The lowest BCUT2D eigenvalue weighted by molar-refractivity contribution is 0.0698. The topological polar surface area (TPSA) is 57.7 Å². The maximum absolute atomic E-state index is 12.9. The molecule has 128 valence electrons. The van der Waals surface area contributed by atoms with Crippen molar-refractivity contribution < 1.29 is 13.2 Å². The van der Waals surface area contributed by atoms with Gasteiger partial charge >= 0.3 is 0 Å². The SMILES string of the molecule is Cc1ccc(C)c(S(=O)(=O)N2CCN(C(=O)c3ccsc3)CC2)c1. The number of thiophene rings is 1. The van der Waals surface area contributed by atoms with E-state index in [-0.39, 0.29) is 5.91 Å². The number of carbonyl (C=O) groups is 1. The minimum atomic E-state index is -3.52. The molecular formula is C17H20N2O3S2. The zero-order valence-electron chi connectivity index (χ0n) is 13.7. The molecule has 0 spiro atoms. The van der Waals surface area contributed by atoms with E-state index in [1.54, 1.807) is 17.0 Å². The molecule has 7 heteroatoms. The van der Waals surface area contributed by atoms with E-state index in [9.17, 15) is 13.2 Å². The van der Waals surface area contributed by atoms with Gasteiger partial charge in [0.25, 0.3) is 5.91 Å². The highest BCUT2D eigenvalue weighted by molar-refractivity contribution is 7.89. The summed E-state index contributed by atoms with van der Waals surface area (Å²) in [5.74, 6) is -0.0277. The summed E-state index contributed by atoms with van der Waals surface area (Å²) in [6.07, 6.45) is 0. The molecule has 5 nitrogen and oxygen atoms in total. The normalized spacial score (nSPS) is 16.3. The molecule has 0 unspecified atom stereocenters. The maximum Gasteiger partial charge on any atom is 0.254 e. The van der Waals surface area contributed by atoms with E-state index >= 15 is 0 Å². The lowest BCUT2D eigenvalue weighted by Crippen LogP contribution is -2.50. The average Bonchev–Trinajstić information content (AvgIpc) is 3.11. The van der Waals surface area contributed by atoms with Gasteiger partial charge < -0.3 is 4.90 Å². The molecule has 0 radical (unpaired) electrons. The van der Waals surface area contributed by atoms with Crippen molar-refractivity contribution in [1.29, 1.82) is 0 Å². The third-order valence-electron chi connectivity index (χ3n) is 4.26. The molecule has 1 fully saturated rings. The van der Waals surface area contributed by atoms with Crippen molar-refractivity contribution in [3.8, 4) is 0 Å². The van der Waals surface area contributed by atoms with Gasteiger partial charge in [-0.3, -0.25) is 4.79 Å². The van der Waals surface area contributed by atoms with Crippen LogP contribution in [0.2, 0.25) is 0 Å². The predicted molar refractivity (Wildman–Crippen MR) is 94.9 cm³/mol. The molecule has 1 aliphatic rings. The first-order valence-corrected chi connectivity index (χ1v) is 10.2. The van der Waals surface area contributed by atoms with E-state index in [2.05, 4.69) is 0 Å². The molecule has 1 aromatic heterocycles. The van der Waals surface area contributed by atoms with Gasteiger partial charge in [0, 0.05) is 31.6 Å². The summed E-state index contributed by atoms with van der Waals surface area (Å²) in [6.45, 7) is 5.17. The average molecular weight is 364 g/mol. The Hall–Kier alpha value is -1.70. The second kappa shape index (κ2) is 6.66. The van der Waals surface area contributed by atoms with Gasteiger partial charge in [-0.2, -0.15) is 15.6 Å². The quantitative estimate of drug-likeness (QED) is 0.841. The summed E-state index contributed by atoms with van der Waals surface area (Å²) in [6, 6.07) is 7.25. The van der Waals surface area contributed by atoms with Crippen LogP contribution in [0.3, 0.4) is 0 Å². The second-order valence-electron chi connectivity index (χ2n) is 5.98. The van der Waals surface area contributed by atoms with Crippen molar-refractivity contribution in [1.82, 2.24) is 9.21 Å². The first kappa shape index (κ1) is 17.1. The number of carbonyl (C=O) groups excluding carboxylic acids is 1. The zero-order chi connectivity index (χ0) is 17.3. The molecule has 2 heterocycles. The molecular weight excluding hydrogens is 344 g/mol. The van der Waals surface area contributed by atoms with Crippen LogP contribution in [-0.4, -0.2) is 49.7 Å². The number of rotatable bonds is 3. The van der Waals surface area contributed by atoms with Crippen molar-refractivity contribution in [3.05, 3.63) is 51.7 Å². The van der Waals surface area contributed by atoms with E-state index < -0.39 is 10.0 Å². The molecule has 1 saturated heterocycles. The summed E-state index contributed by atoms with van der Waals surface area (Å²) in [7, 11) is -3.52. The highest BCUT2D eigenvalue weighted by Crippen LogP contribution is 2.23. The van der Waals surface area contributed by atoms with Crippen LogP contribution >= 0.6 is 11.3 Å². The van der Waals surface area contributed by atoms with E-state index in [1.807, 2.05) is 36.7 Å². The fourth-order valence-electron chi connectivity index (χ4n) is 2.82. The Bertz CT molecular complexity index is 837. The van der Waals surface area contributed by atoms with E-state index in [0.717, 1.165) is 11.1 Å². The zero-order valence-corrected chi connectivity index (χ0v) is 15.4. The summed E-state index contributed by atoms with van der Waals surface area (Å²) < 4.78 is 27.3. The van der Waals surface area contributed by atoms with Gasteiger partial charge in [0.05, 0.1) is 10.5 Å². The summed E-state index contributed by atoms with van der Waals surface area (Å²) in [5, 5.41) is 3.69. The number of benzene rings is 1. The molecule has 1 amide bonds. The van der Waals surface area contributed by atoms with Crippen molar-refractivity contribution in [2.45, 2.75) is 18.7 Å². The van der Waals surface area contributed by atoms with Gasteiger partial charge in [-0.15, -0.1) is 0 Å². The minimum Gasteiger partial charge on any atom is -0.336 e. The summed E-state index contributed by atoms with van der Waals surface area (Å²) in [4.78, 5) is 14.4. The van der Waals surface area contributed by atoms with Crippen molar-refractivity contribution in [2.75, 3.05) is 26.2 Å². The molecule has 2 aromatic rings. The van der Waals surface area contributed by atoms with Crippen molar-refractivity contribution >= 4 is 27.3 Å². The lowest BCUT2D eigenvalue weighted by Gasteiger charge is -2.34. The third kappa shape index (κ3) is 3.24. The monoisotopic (exact) mass is 364 g/mol. The van der Waals surface area contributed by atoms with Gasteiger partial charge in [-0.25, -0.2) is 8.42 Å². The van der Waals surface area contributed by atoms with Crippen LogP contribution in [-0.2, 0) is 10.0 Å². The highest BCUT2D eigenvalue weighted by atomic mass is 32.2. The standard InChI is InChI=1S/C17H20N2O3S2/c1-13-3-4-14(2)16(11-13)24(21,22)19-8-6-18(7-9-19)17(20)15-5-10-23-12-15/h3-5,10-12H,6-9H2,1-2H3. The first-order chi connectivity index (χ1) is 11.4. The van der Waals surface area contributed by atoms with Crippen LogP contribution in [0, 0.1) is 13.8 Å². The maximum atomic E-state index is 12.9. The van der Waals surface area contributed by atoms with Crippen molar-refractivity contribution in [2.24, 2.45) is 0 Å². The van der Waals surface area contributed by atoms with Gasteiger partial charge in [0.1, 0.15) is 0 Å². The predicted octanol–water partition coefficient (Wildman–Crippen LogP) is 2.51. The Morgan fingerprint density at radius 2 is 1.79 bits per heavy atom. The Kier molecular flexibility index (Phi) is 4.76. The van der Waals surface area contributed by atoms with Crippen LogP contribution in [0.5, 0.6) is 0 Å². The van der Waals surface area contributed by atoms with E-state index in [1.165, 1.54) is 15.6 Å². The van der Waals surface area contributed by atoms with Crippen LogP contribution < -0.4 is 0 Å². The van der Waals surface area contributed by atoms with E-state index in [4.69, 9.17) is 0 Å². The fraction of sp³-hybridized carbons (Fsp3) is 0.353. The van der Waals surface area contributed by atoms with Crippen LogP contribution in [0.4, 0.5) is 0 Å². The number of nitrogens with zero attached hydrogens (tertiary/aromatic N) is 2. The Morgan fingerprint density at radius 1 is 1.08 bits per heavy atom. The molecule has 0 aliphatic carbocycles. The number of piperazine rings is 1. The second-order valence-corrected chi connectivity index (χ2v) is 8.66. The molecule has 0 N–H and O–H groups in total.